The van der Waals surface area contributed by atoms with Gasteiger partial charge in [-0.05, 0) is 50.7 Å². The van der Waals surface area contributed by atoms with E-state index in [0.717, 1.165) is 37.3 Å². The molecule has 0 fully saturated rings. The van der Waals surface area contributed by atoms with Gasteiger partial charge in [0.15, 0.2) is 0 Å². The van der Waals surface area contributed by atoms with Gasteiger partial charge >= 0.3 is 0 Å². The molecule has 0 unspecified atom stereocenters. The maximum atomic E-state index is 10.6. The van der Waals surface area contributed by atoms with Crippen molar-refractivity contribution in [2.24, 2.45) is 0 Å². The van der Waals surface area contributed by atoms with Gasteiger partial charge in [-0.2, -0.15) is 0 Å². The lowest BCUT2D eigenvalue weighted by atomic mass is 10.0. The molecule has 100 valence electrons. The maximum Gasteiger partial charge on any atom is 0.211 e. The summed E-state index contributed by atoms with van der Waals surface area (Å²) in [5.41, 5.74) is 4.35. The number of rotatable bonds is 7. The molecule has 1 amide bonds. The summed E-state index contributed by atoms with van der Waals surface area (Å²) >= 11 is 0. The van der Waals surface area contributed by atoms with Crippen LogP contribution in [0.15, 0.2) is 12.1 Å². The summed E-state index contributed by atoms with van der Waals surface area (Å²) in [5, 5.41) is 6.15. The van der Waals surface area contributed by atoms with E-state index >= 15 is 0 Å². The van der Waals surface area contributed by atoms with Crippen molar-refractivity contribution < 1.29 is 4.79 Å². The molecule has 1 aromatic carbocycles. The van der Waals surface area contributed by atoms with Crippen LogP contribution in [0.25, 0.3) is 0 Å². The van der Waals surface area contributed by atoms with E-state index in [1.54, 1.807) is 0 Å². The number of amides is 1. The monoisotopic (exact) mass is 249 g/mol. The molecule has 1 rings (SSSR count). The Balaban J connectivity index is 2.83. The summed E-state index contributed by atoms with van der Waals surface area (Å²) in [6, 6.07) is 4.13. The molecule has 18 heavy (non-hydrogen) atoms. The summed E-state index contributed by atoms with van der Waals surface area (Å²) in [7, 11) is 4.10. The van der Waals surface area contributed by atoms with E-state index in [0.29, 0.717) is 0 Å². The van der Waals surface area contributed by atoms with E-state index in [1.807, 2.05) is 20.2 Å². The first kappa shape index (κ1) is 14.5. The van der Waals surface area contributed by atoms with Crippen LogP contribution in [0.4, 0.5) is 11.4 Å². The molecule has 0 aliphatic rings. The predicted octanol–water partition coefficient (Wildman–Crippen LogP) is 2.10. The molecule has 4 nitrogen and oxygen atoms in total. The van der Waals surface area contributed by atoms with Gasteiger partial charge in [0.1, 0.15) is 0 Å². The molecule has 2 N–H and O–H groups in total. The summed E-state index contributed by atoms with van der Waals surface area (Å²) in [6.45, 7) is 6.03. The van der Waals surface area contributed by atoms with E-state index in [-0.39, 0.29) is 0 Å². The fourth-order valence-corrected chi connectivity index (χ4v) is 2.00. The Labute approximate surface area is 109 Å². The first-order chi connectivity index (χ1) is 8.58. The number of nitrogens with zero attached hydrogens (tertiary/aromatic N) is 1. The summed E-state index contributed by atoms with van der Waals surface area (Å²) < 4.78 is 0. The Morgan fingerprint density at radius 2 is 2.06 bits per heavy atom. The van der Waals surface area contributed by atoms with E-state index in [4.69, 9.17) is 0 Å². The Kier molecular flexibility index (Phi) is 5.65. The van der Waals surface area contributed by atoms with Crippen molar-refractivity contribution in [2.75, 3.05) is 37.8 Å². The number of aryl methyl sites for hydroxylation is 1. The van der Waals surface area contributed by atoms with Crippen molar-refractivity contribution in [3.05, 3.63) is 23.3 Å². The van der Waals surface area contributed by atoms with Crippen LogP contribution in [0.2, 0.25) is 0 Å². The molecule has 1 aromatic rings. The van der Waals surface area contributed by atoms with E-state index in [9.17, 15) is 4.79 Å². The van der Waals surface area contributed by atoms with Crippen LogP contribution in [-0.4, -0.2) is 38.5 Å². The van der Waals surface area contributed by atoms with Gasteiger partial charge in [0.25, 0.3) is 0 Å². The average molecular weight is 249 g/mol. The Morgan fingerprint density at radius 1 is 1.33 bits per heavy atom. The van der Waals surface area contributed by atoms with Gasteiger partial charge in [0.2, 0.25) is 6.41 Å². The molecule has 0 aliphatic carbocycles. The molecule has 0 heterocycles. The summed E-state index contributed by atoms with van der Waals surface area (Å²) in [6.07, 6.45) is 1.65. The second-order valence-electron chi connectivity index (χ2n) is 4.67. The van der Waals surface area contributed by atoms with Crippen molar-refractivity contribution in [3.63, 3.8) is 0 Å². The molecule has 0 spiro atoms. The zero-order valence-electron chi connectivity index (χ0n) is 11.7. The number of nitrogens with one attached hydrogen (secondary N) is 2. The van der Waals surface area contributed by atoms with Crippen molar-refractivity contribution in [3.8, 4) is 0 Å². The van der Waals surface area contributed by atoms with Gasteiger partial charge in [-0.25, -0.2) is 0 Å². The quantitative estimate of drug-likeness (QED) is 0.727. The molecule has 0 atom stereocenters. The Morgan fingerprint density at radius 3 is 2.61 bits per heavy atom. The minimum absolute atomic E-state index is 0.734. The second kappa shape index (κ2) is 7.01. The fraction of sp³-hybridized carbons (Fsp3) is 0.500. The first-order valence-corrected chi connectivity index (χ1v) is 6.30. The van der Waals surface area contributed by atoms with Gasteiger partial charge in [-0.3, -0.25) is 4.79 Å². The van der Waals surface area contributed by atoms with Crippen molar-refractivity contribution in [2.45, 2.75) is 20.3 Å². The smallest absolute Gasteiger partial charge is 0.211 e. The Hall–Kier alpha value is -1.55. The molecule has 4 heteroatoms. The molecule has 0 saturated heterocycles. The number of benzene rings is 1. The third-order valence-electron chi connectivity index (χ3n) is 2.93. The largest absolute Gasteiger partial charge is 0.384 e. The molecule has 0 bridgehead atoms. The number of hydrogen-bond donors (Lipinski definition) is 2. The van der Waals surface area contributed by atoms with E-state index < -0.39 is 0 Å². The molecule has 0 saturated carbocycles. The standard InChI is InChI=1S/C14H23N3O/c1-5-13-11(2)8-12(9-14(13)16-10-18)15-6-7-17(3)4/h8-10,15H,5-7H2,1-4H3,(H,16,18). The van der Waals surface area contributed by atoms with Crippen LogP contribution >= 0.6 is 0 Å². The first-order valence-electron chi connectivity index (χ1n) is 6.30. The lowest BCUT2D eigenvalue weighted by Crippen LogP contribution is -2.20. The third-order valence-corrected chi connectivity index (χ3v) is 2.93. The summed E-state index contributed by atoms with van der Waals surface area (Å²) in [5.74, 6) is 0. The molecular weight excluding hydrogens is 226 g/mol. The maximum absolute atomic E-state index is 10.6. The van der Waals surface area contributed by atoms with E-state index in [1.165, 1.54) is 11.1 Å². The Bertz CT molecular complexity index is 402. The van der Waals surface area contributed by atoms with E-state index in [2.05, 4.69) is 35.4 Å². The van der Waals surface area contributed by atoms with Crippen LogP contribution in [0.5, 0.6) is 0 Å². The number of hydrogen-bond acceptors (Lipinski definition) is 3. The predicted molar refractivity (Wildman–Crippen MR) is 77.3 cm³/mol. The zero-order chi connectivity index (χ0) is 13.5. The fourth-order valence-electron chi connectivity index (χ4n) is 2.00. The van der Waals surface area contributed by atoms with Crippen LogP contribution in [0, 0.1) is 6.92 Å². The third kappa shape index (κ3) is 4.04. The molecule has 0 aromatic heterocycles. The highest BCUT2D eigenvalue weighted by Crippen LogP contribution is 2.25. The van der Waals surface area contributed by atoms with Crippen LogP contribution in [0.3, 0.4) is 0 Å². The second-order valence-corrected chi connectivity index (χ2v) is 4.67. The SMILES string of the molecule is CCc1c(C)cc(NCCN(C)C)cc1NC=O. The zero-order valence-corrected chi connectivity index (χ0v) is 11.7. The highest BCUT2D eigenvalue weighted by molar-refractivity contribution is 5.77. The minimum atomic E-state index is 0.734. The number of anilines is 2. The molecule has 0 radical (unpaired) electrons. The van der Waals surface area contributed by atoms with Crippen LogP contribution in [-0.2, 0) is 11.2 Å². The lowest BCUT2D eigenvalue weighted by Gasteiger charge is -2.15. The normalized spacial score (nSPS) is 10.5. The molecule has 0 aliphatic heterocycles. The van der Waals surface area contributed by atoms with Gasteiger partial charge in [-0.1, -0.05) is 6.92 Å². The summed E-state index contributed by atoms with van der Waals surface area (Å²) in [4.78, 5) is 12.8. The average Bonchev–Trinajstić information content (AvgIpc) is 2.28. The van der Waals surface area contributed by atoms with Crippen LogP contribution in [0.1, 0.15) is 18.1 Å². The van der Waals surface area contributed by atoms with Crippen LogP contribution < -0.4 is 10.6 Å². The highest BCUT2D eigenvalue weighted by atomic mass is 16.1. The van der Waals surface area contributed by atoms with Gasteiger partial charge in [0, 0.05) is 24.5 Å². The number of carbonyl (C=O) groups excluding carboxylic acids is 1. The highest BCUT2D eigenvalue weighted by Gasteiger charge is 2.06. The lowest BCUT2D eigenvalue weighted by molar-refractivity contribution is -0.105. The van der Waals surface area contributed by atoms with Crippen molar-refractivity contribution >= 4 is 17.8 Å². The van der Waals surface area contributed by atoms with Gasteiger partial charge < -0.3 is 15.5 Å². The van der Waals surface area contributed by atoms with Crippen molar-refractivity contribution in [1.29, 1.82) is 0 Å². The van der Waals surface area contributed by atoms with Crippen molar-refractivity contribution in [1.82, 2.24) is 4.90 Å². The van der Waals surface area contributed by atoms with Gasteiger partial charge in [0.05, 0.1) is 0 Å². The topological polar surface area (TPSA) is 44.4 Å². The number of carbonyl (C=O) groups is 1. The number of likely N-dealkylation sites (N-methyl/N-ethyl adjacent to an activating group) is 1. The molecular formula is C14H23N3O. The minimum Gasteiger partial charge on any atom is -0.384 e. The van der Waals surface area contributed by atoms with Gasteiger partial charge in [-0.15, -0.1) is 0 Å².